The van der Waals surface area contributed by atoms with Crippen molar-refractivity contribution in [3.8, 4) is 0 Å². The van der Waals surface area contributed by atoms with E-state index in [0.29, 0.717) is 21.9 Å². The second-order valence-electron chi connectivity index (χ2n) is 3.63. The number of rotatable bonds is 3. The van der Waals surface area contributed by atoms with Crippen molar-refractivity contribution in [1.82, 2.24) is 9.78 Å². The smallest absolute Gasteiger partial charge is 0.356 e. The number of esters is 1. The van der Waals surface area contributed by atoms with Crippen LogP contribution in [-0.2, 0) is 11.3 Å². The fourth-order valence-electron chi connectivity index (χ4n) is 1.54. The van der Waals surface area contributed by atoms with Crippen molar-refractivity contribution in [3.05, 3.63) is 51.2 Å². The molecule has 0 saturated carbocycles. The average molecular weight is 330 g/mol. The zero-order valence-electron chi connectivity index (χ0n) is 9.56. The predicted octanol–water partition coefficient (Wildman–Crippen LogP) is 3.13. The van der Waals surface area contributed by atoms with E-state index < -0.39 is 5.97 Å². The molecule has 0 aliphatic carbocycles. The molecular weight excluding hydrogens is 320 g/mol. The summed E-state index contributed by atoms with van der Waals surface area (Å²) in [5.41, 5.74) is 1.40. The van der Waals surface area contributed by atoms with Gasteiger partial charge in [-0.3, -0.25) is 4.68 Å². The Morgan fingerprint density at radius 2 is 2.11 bits per heavy atom. The van der Waals surface area contributed by atoms with E-state index in [2.05, 4.69) is 21.0 Å². The molecule has 94 valence electrons. The van der Waals surface area contributed by atoms with Crippen LogP contribution in [0.3, 0.4) is 0 Å². The van der Waals surface area contributed by atoms with E-state index in [1.54, 1.807) is 22.9 Å². The Bertz CT molecular complexity index is 566. The van der Waals surface area contributed by atoms with Crippen molar-refractivity contribution in [1.29, 1.82) is 0 Å². The summed E-state index contributed by atoms with van der Waals surface area (Å²) in [6.45, 7) is 0.479. The summed E-state index contributed by atoms with van der Waals surface area (Å²) in [4.78, 5) is 11.6. The number of hydrogen-bond acceptors (Lipinski definition) is 3. The lowest BCUT2D eigenvalue weighted by atomic mass is 10.2. The lowest BCUT2D eigenvalue weighted by molar-refractivity contribution is 0.0587. The number of ether oxygens (including phenoxy) is 1. The SMILES string of the molecule is COC(=O)c1cc(Br)nn1Cc1ccc(Cl)cc1. The molecular formula is C12H10BrClN2O2. The second kappa shape index (κ2) is 5.54. The summed E-state index contributed by atoms with van der Waals surface area (Å²) in [7, 11) is 1.34. The van der Waals surface area contributed by atoms with Gasteiger partial charge in [0.25, 0.3) is 0 Å². The predicted molar refractivity (Wildman–Crippen MR) is 71.8 cm³/mol. The molecule has 0 fully saturated rings. The molecule has 0 unspecified atom stereocenters. The van der Waals surface area contributed by atoms with E-state index in [4.69, 9.17) is 16.3 Å². The Morgan fingerprint density at radius 3 is 2.72 bits per heavy atom. The van der Waals surface area contributed by atoms with Gasteiger partial charge in [0.2, 0.25) is 0 Å². The number of methoxy groups -OCH3 is 1. The summed E-state index contributed by atoms with van der Waals surface area (Å²) in [5.74, 6) is -0.415. The van der Waals surface area contributed by atoms with Gasteiger partial charge in [-0.25, -0.2) is 4.79 Å². The van der Waals surface area contributed by atoms with Crippen molar-refractivity contribution in [3.63, 3.8) is 0 Å². The van der Waals surface area contributed by atoms with Crippen molar-refractivity contribution in [2.75, 3.05) is 7.11 Å². The van der Waals surface area contributed by atoms with Gasteiger partial charge in [-0.05, 0) is 33.6 Å². The van der Waals surface area contributed by atoms with Crippen molar-refractivity contribution < 1.29 is 9.53 Å². The molecule has 0 spiro atoms. The average Bonchev–Trinajstić information content (AvgIpc) is 2.72. The highest BCUT2D eigenvalue weighted by molar-refractivity contribution is 9.10. The number of benzene rings is 1. The highest BCUT2D eigenvalue weighted by atomic mass is 79.9. The van der Waals surface area contributed by atoms with E-state index in [1.165, 1.54) is 7.11 Å². The van der Waals surface area contributed by atoms with Gasteiger partial charge >= 0.3 is 5.97 Å². The number of nitrogens with zero attached hydrogens (tertiary/aromatic N) is 2. The maximum absolute atomic E-state index is 11.6. The van der Waals surface area contributed by atoms with Gasteiger partial charge in [0, 0.05) is 11.1 Å². The summed E-state index contributed by atoms with van der Waals surface area (Å²) in [5, 5.41) is 4.87. The zero-order chi connectivity index (χ0) is 13.1. The quantitative estimate of drug-likeness (QED) is 0.813. The molecule has 0 atom stereocenters. The van der Waals surface area contributed by atoms with E-state index in [0.717, 1.165) is 5.56 Å². The van der Waals surface area contributed by atoms with Crippen LogP contribution in [0.1, 0.15) is 16.1 Å². The summed E-state index contributed by atoms with van der Waals surface area (Å²) in [6.07, 6.45) is 0. The van der Waals surface area contributed by atoms with E-state index in [9.17, 15) is 4.79 Å². The van der Waals surface area contributed by atoms with Crippen LogP contribution in [0, 0.1) is 0 Å². The normalized spacial score (nSPS) is 10.4. The lowest BCUT2D eigenvalue weighted by Crippen LogP contribution is -2.12. The van der Waals surface area contributed by atoms with Crippen molar-refractivity contribution in [2.24, 2.45) is 0 Å². The van der Waals surface area contributed by atoms with Crippen LogP contribution in [0.2, 0.25) is 5.02 Å². The van der Waals surface area contributed by atoms with Crippen LogP contribution < -0.4 is 0 Å². The molecule has 6 heteroatoms. The fraction of sp³-hybridized carbons (Fsp3) is 0.167. The molecule has 0 radical (unpaired) electrons. The highest BCUT2D eigenvalue weighted by Crippen LogP contribution is 2.15. The van der Waals surface area contributed by atoms with Crippen LogP contribution in [0.15, 0.2) is 34.9 Å². The Balaban J connectivity index is 2.28. The van der Waals surface area contributed by atoms with Gasteiger partial charge in [0.15, 0.2) is 0 Å². The van der Waals surface area contributed by atoms with Crippen LogP contribution in [0.5, 0.6) is 0 Å². The highest BCUT2D eigenvalue weighted by Gasteiger charge is 2.14. The van der Waals surface area contributed by atoms with E-state index >= 15 is 0 Å². The standard InChI is InChI=1S/C12H10BrClN2O2/c1-18-12(17)10-6-11(13)15-16(10)7-8-2-4-9(14)5-3-8/h2-6H,7H2,1H3. The van der Waals surface area contributed by atoms with Gasteiger partial charge in [0.1, 0.15) is 10.3 Å². The third-order valence-electron chi connectivity index (χ3n) is 2.39. The second-order valence-corrected chi connectivity index (χ2v) is 4.88. The molecule has 0 bridgehead atoms. The number of carbonyl (C=O) groups is 1. The summed E-state index contributed by atoms with van der Waals surface area (Å²) in [6, 6.07) is 9.00. The third kappa shape index (κ3) is 2.91. The van der Waals surface area contributed by atoms with Crippen molar-refractivity contribution in [2.45, 2.75) is 6.54 Å². The number of carbonyl (C=O) groups excluding carboxylic acids is 1. The van der Waals surface area contributed by atoms with E-state index in [-0.39, 0.29) is 0 Å². The van der Waals surface area contributed by atoms with Crippen LogP contribution in [0.4, 0.5) is 0 Å². The van der Waals surface area contributed by atoms with Crippen molar-refractivity contribution >= 4 is 33.5 Å². The largest absolute Gasteiger partial charge is 0.464 e. The number of aromatic nitrogens is 2. The molecule has 2 rings (SSSR count). The van der Waals surface area contributed by atoms with E-state index in [1.807, 2.05) is 12.1 Å². The van der Waals surface area contributed by atoms with Crippen LogP contribution in [-0.4, -0.2) is 22.9 Å². The Labute approximate surface area is 118 Å². The minimum absolute atomic E-state index is 0.402. The molecule has 18 heavy (non-hydrogen) atoms. The number of halogens is 2. The first-order valence-corrected chi connectivity index (χ1v) is 6.33. The molecule has 2 aromatic rings. The minimum Gasteiger partial charge on any atom is -0.464 e. The van der Waals surface area contributed by atoms with Gasteiger partial charge < -0.3 is 4.74 Å². The molecule has 0 aliphatic heterocycles. The molecule has 1 heterocycles. The first-order chi connectivity index (χ1) is 8.60. The molecule has 0 N–H and O–H groups in total. The van der Waals surface area contributed by atoms with Gasteiger partial charge in [-0.15, -0.1) is 0 Å². The first-order valence-electron chi connectivity index (χ1n) is 5.16. The maximum atomic E-state index is 11.6. The monoisotopic (exact) mass is 328 g/mol. The zero-order valence-corrected chi connectivity index (χ0v) is 11.9. The molecule has 0 amide bonds. The molecule has 0 saturated heterocycles. The summed E-state index contributed by atoms with van der Waals surface area (Å²) < 4.78 is 6.88. The molecule has 1 aromatic carbocycles. The third-order valence-corrected chi connectivity index (χ3v) is 3.03. The molecule has 1 aromatic heterocycles. The maximum Gasteiger partial charge on any atom is 0.356 e. The van der Waals surface area contributed by atoms with Gasteiger partial charge in [-0.1, -0.05) is 23.7 Å². The fourth-order valence-corrected chi connectivity index (χ4v) is 2.07. The Kier molecular flexibility index (Phi) is 4.04. The molecule has 0 aliphatic rings. The Hall–Kier alpha value is -1.33. The summed E-state index contributed by atoms with van der Waals surface area (Å²) >= 11 is 9.06. The first kappa shape index (κ1) is 13.1. The Morgan fingerprint density at radius 1 is 1.44 bits per heavy atom. The van der Waals surface area contributed by atoms with Crippen LogP contribution >= 0.6 is 27.5 Å². The molecule has 4 nitrogen and oxygen atoms in total. The van der Waals surface area contributed by atoms with Crippen LogP contribution in [0.25, 0.3) is 0 Å². The lowest BCUT2D eigenvalue weighted by Gasteiger charge is -2.06. The minimum atomic E-state index is -0.415. The number of hydrogen-bond donors (Lipinski definition) is 0. The van der Waals surface area contributed by atoms with Gasteiger partial charge in [-0.2, -0.15) is 5.10 Å². The topological polar surface area (TPSA) is 44.1 Å². The van der Waals surface area contributed by atoms with Gasteiger partial charge in [0.05, 0.1) is 13.7 Å².